The van der Waals surface area contributed by atoms with Gasteiger partial charge in [0.15, 0.2) is 0 Å². The topological polar surface area (TPSA) is 37.8 Å². The summed E-state index contributed by atoms with van der Waals surface area (Å²) in [5, 5.41) is 3.26. The fourth-order valence-electron chi connectivity index (χ4n) is 1.27. The summed E-state index contributed by atoms with van der Waals surface area (Å²) >= 11 is 0. The van der Waals surface area contributed by atoms with Crippen LogP contribution in [-0.4, -0.2) is 9.97 Å². The van der Waals surface area contributed by atoms with E-state index in [1.807, 2.05) is 6.07 Å². The average Bonchev–Trinajstić information content (AvgIpc) is 2.30. The molecule has 0 aliphatic rings. The summed E-state index contributed by atoms with van der Waals surface area (Å²) in [6, 6.07) is 10.1. The normalized spacial score (nSPS) is 9.93. The number of hydrogen-bond donors (Lipinski definition) is 1. The summed E-state index contributed by atoms with van der Waals surface area (Å²) in [5.74, 6) is 0.804. The van der Waals surface area contributed by atoms with Gasteiger partial charge in [-0.25, -0.2) is 9.97 Å². The second kappa shape index (κ2) is 4.55. The SMILES string of the molecule is Cc1ccc(NCc2ncccn2)cc1. The minimum Gasteiger partial charge on any atom is -0.378 e. The molecule has 1 N–H and O–H groups in total. The molecule has 15 heavy (non-hydrogen) atoms. The lowest BCUT2D eigenvalue weighted by Gasteiger charge is -2.04. The first-order valence-electron chi connectivity index (χ1n) is 4.91. The van der Waals surface area contributed by atoms with Gasteiger partial charge >= 0.3 is 0 Å². The molecule has 0 amide bonds. The first kappa shape index (κ1) is 9.65. The maximum absolute atomic E-state index is 4.14. The van der Waals surface area contributed by atoms with Gasteiger partial charge in [0.05, 0.1) is 6.54 Å². The van der Waals surface area contributed by atoms with Gasteiger partial charge in [0.2, 0.25) is 0 Å². The van der Waals surface area contributed by atoms with Gasteiger partial charge in [0.1, 0.15) is 5.82 Å². The molecule has 3 nitrogen and oxygen atoms in total. The van der Waals surface area contributed by atoms with E-state index in [1.165, 1.54) is 5.56 Å². The number of hydrogen-bond acceptors (Lipinski definition) is 3. The zero-order valence-electron chi connectivity index (χ0n) is 8.64. The van der Waals surface area contributed by atoms with Crippen LogP contribution in [0.2, 0.25) is 0 Å². The molecule has 76 valence electrons. The Bertz CT molecular complexity index is 409. The van der Waals surface area contributed by atoms with Crippen LogP contribution in [0.3, 0.4) is 0 Å². The van der Waals surface area contributed by atoms with Crippen LogP contribution in [0.5, 0.6) is 0 Å². The van der Waals surface area contributed by atoms with Gasteiger partial charge in [-0.1, -0.05) is 17.7 Å². The highest BCUT2D eigenvalue weighted by molar-refractivity contribution is 5.44. The Hall–Kier alpha value is -1.90. The largest absolute Gasteiger partial charge is 0.378 e. The number of aromatic nitrogens is 2. The summed E-state index contributed by atoms with van der Waals surface area (Å²) in [6.07, 6.45) is 3.50. The number of rotatable bonds is 3. The Labute approximate surface area is 89.2 Å². The second-order valence-corrected chi connectivity index (χ2v) is 3.38. The Morgan fingerprint density at radius 2 is 1.73 bits per heavy atom. The van der Waals surface area contributed by atoms with Crippen LogP contribution in [0, 0.1) is 6.92 Å². The molecule has 1 aromatic carbocycles. The molecule has 0 aliphatic carbocycles. The van der Waals surface area contributed by atoms with E-state index in [4.69, 9.17) is 0 Å². The molecule has 0 bridgehead atoms. The standard InChI is InChI=1S/C12H13N3/c1-10-3-5-11(6-4-10)15-9-12-13-7-2-8-14-12/h2-8,15H,9H2,1H3. The van der Waals surface area contributed by atoms with Crippen molar-refractivity contribution in [2.75, 3.05) is 5.32 Å². The van der Waals surface area contributed by atoms with E-state index >= 15 is 0 Å². The van der Waals surface area contributed by atoms with E-state index < -0.39 is 0 Å². The van der Waals surface area contributed by atoms with Crippen LogP contribution in [-0.2, 0) is 6.54 Å². The smallest absolute Gasteiger partial charge is 0.147 e. The molecule has 0 saturated heterocycles. The van der Waals surface area contributed by atoms with E-state index in [9.17, 15) is 0 Å². The van der Waals surface area contributed by atoms with Crippen LogP contribution in [0.15, 0.2) is 42.7 Å². The molecule has 1 aromatic heterocycles. The number of aryl methyl sites for hydroxylation is 1. The highest BCUT2D eigenvalue weighted by atomic mass is 15.0. The van der Waals surface area contributed by atoms with E-state index in [0.29, 0.717) is 6.54 Å². The molecule has 2 rings (SSSR count). The lowest BCUT2D eigenvalue weighted by atomic mass is 10.2. The average molecular weight is 199 g/mol. The lowest BCUT2D eigenvalue weighted by molar-refractivity contribution is 0.948. The van der Waals surface area contributed by atoms with Gasteiger partial charge in [-0.2, -0.15) is 0 Å². The fraction of sp³-hybridized carbons (Fsp3) is 0.167. The maximum atomic E-state index is 4.14. The predicted molar refractivity (Wildman–Crippen MR) is 60.5 cm³/mol. The Morgan fingerprint density at radius 3 is 2.40 bits per heavy atom. The zero-order chi connectivity index (χ0) is 10.5. The van der Waals surface area contributed by atoms with Crippen molar-refractivity contribution in [1.29, 1.82) is 0 Å². The van der Waals surface area contributed by atoms with E-state index in [0.717, 1.165) is 11.5 Å². The molecule has 0 fully saturated rings. The Kier molecular flexibility index (Phi) is 2.93. The minimum absolute atomic E-state index is 0.657. The van der Waals surface area contributed by atoms with Crippen LogP contribution < -0.4 is 5.32 Å². The van der Waals surface area contributed by atoms with Crippen molar-refractivity contribution >= 4 is 5.69 Å². The maximum Gasteiger partial charge on any atom is 0.147 e. The molecule has 0 unspecified atom stereocenters. The third kappa shape index (κ3) is 2.77. The van der Waals surface area contributed by atoms with Crippen LogP contribution in [0.1, 0.15) is 11.4 Å². The van der Waals surface area contributed by atoms with Gasteiger partial charge in [0.25, 0.3) is 0 Å². The number of nitrogens with zero attached hydrogens (tertiary/aromatic N) is 2. The van der Waals surface area contributed by atoms with Crippen LogP contribution >= 0.6 is 0 Å². The van der Waals surface area contributed by atoms with E-state index in [-0.39, 0.29) is 0 Å². The van der Waals surface area contributed by atoms with E-state index in [1.54, 1.807) is 12.4 Å². The molecule has 0 saturated carbocycles. The molecule has 0 spiro atoms. The third-order valence-corrected chi connectivity index (χ3v) is 2.12. The zero-order valence-corrected chi connectivity index (χ0v) is 8.64. The number of anilines is 1. The molecule has 1 heterocycles. The molecule has 0 atom stereocenters. The molecular weight excluding hydrogens is 186 g/mol. The number of benzene rings is 1. The van der Waals surface area contributed by atoms with E-state index in [2.05, 4.69) is 46.5 Å². The van der Waals surface area contributed by atoms with Gasteiger partial charge in [-0.3, -0.25) is 0 Å². The van der Waals surface area contributed by atoms with Crippen molar-refractivity contribution in [3.8, 4) is 0 Å². The molecule has 0 radical (unpaired) electrons. The monoisotopic (exact) mass is 199 g/mol. The number of nitrogens with one attached hydrogen (secondary N) is 1. The van der Waals surface area contributed by atoms with Gasteiger partial charge in [-0.05, 0) is 25.1 Å². The fourth-order valence-corrected chi connectivity index (χ4v) is 1.27. The minimum atomic E-state index is 0.657. The molecule has 0 aliphatic heterocycles. The first-order valence-corrected chi connectivity index (χ1v) is 4.91. The molecule has 3 heteroatoms. The second-order valence-electron chi connectivity index (χ2n) is 3.38. The van der Waals surface area contributed by atoms with Crippen molar-refractivity contribution in [3.63, 3.8) is 0 Å². The highest BCUT2D eigenvalue weighted by Gasteiger charge is 1.94. The summed E-state index contributed by atoms with van der Waals surface area (Å²) in [6.45, 7) is 2.73. The quantitative estimate of drug-likeness (QED) is 0.824. The third-order valence-electron chi connectivity index (χ3n) is 2.12. The van der Waals surface area contributed by atoms with Crippen LogP contribution in [0.25, 0.3) is 0 Å². The van der Waals surface area contributed by atoms with Gasteiger partial charge < -0.3 is 5.32 Å². The summed E-state index contributed by atoms with van der Waals surface area (Å²) < 4.78 is 0. The predicted octanol–water partition coefficient (Wildman–Crippen LogP) is 2.40. The summed E-state index contributed by atoms with van der Waals surface area (Å²) in [4.78, 5) is 8.28. The van der Waals surface area contributed by atoms with Gasteiger partial charge in [0, 0.05) is 18.1 Å². The van der Waals surface area contributed by atoms with Crippen molar-refractivity contribution in [3.05, 3.63) is 54.1 Å². The van der Waals surface area contributed by atoms with Crippen molar-refractivity contribution in [2.45, 2.75) is 13.5 Å². The molecular formula is C12H13N3. The van der Waals surface area contributed by atoms with Crippen molar-refractivity contribution in [2.24, 2.45) is 0 Å². The molecule has 2 aromatic rings. The summed E-state index contributed by atoms with van der Waals surface area (Å²) in [5.41, 5.74) is 2.35. The highest BCUT2D eigenvalue weighted by Crippen LogP contribution is 2.08. The van der Waals surface area contributed by atoms with Crippen molar-refractivity contribution < 1.29 is 0 Å². The summed E-state index contributed by atoms with van der Waals surface area (Å²) in [7, 11) is 0. The van der Waals surface area contributed by atoms with Crippen LogP contribution in [0.4, 0.5) is 5.69 Å². The Balaban J connectivity index is 1.96. The Morgan fingerprint density at radius 1 is 1.07 bits per heavy atom. The van der Waals surface area contributed by atoms with Gasteiger partial charge in [-0.15, -0.1) is 0 Å². The lowest BCUT2D eigenvalue weighted by Crippen LogP contribution is -2.03. The van der Waals surface area contributed by atoms with Crippen molar-refractivity contribution in [1.82, 2.24) is 9.97 Å². The first-order chi connectivity index (χ1) is 7.34.